The molecule has 3 N–H and O–H groups in total. The molecular formula is C29H30N12. The second kappa shape index (κ2) is 11.1. The number of fused-ring (bicyclic) bond motifs is 1. The third kappa shape index (κ3) is 5.10. The van der Waals surface area contributed by atoms with Crippen molar-refractivity contribution in [3.05, 3.63) is 73.7 Å². The molecule has 0 spiro atoms. The van der Waals surface area contributed by atoms with E-state index in [1.165, 1.54) is 0 Å². The maximum atomic E-state index is 9.14. The van der Waals surface area contributed by atoms with Crippen molar-refractivity contribution in [2.45, 2.75) is 31.5 Å². The third-order valence-corrected chi connectivity index (χ3v) is 7.43. The first-order valence-corrected chi connectivity index (χ1v) is 13.5. The Balaban J connectivity index is 1.37. The number of imidazole rings is 2. The van der Waals surface area contributed by atoms with Gasteiger partial charge in [-0.05, 0) is 49.6 Å². The Morgan fingerprint density at radius 2 is 2.00 bits per heavy atom. The van der Waals surface area contributed by atoms with Crippen molar-refractivity contribution in [3.8, 4) is 28.8 Å². The van der Waals surface area contributed by atoms with E-state index >= 15 is 0 Å². The molecular weight excluding hydrogens is 516 g/mol. The fourth-order valence-electron chi connectivity index (χ4n) is 5.41. The van der Waals surface area contributed by atoms with Crippen molar-refractivity contribution < 1.29 is 0 Å². The standard InChI is InChI=1S/C29H30N12/c1-3-5-26(40-14-10-19(11-15-40)35-24-9-13-33-25(16-30)38-24)41-28(20-6-4-12-34-27(20)31)37-22-8-7-21(36-29(22)41)23-17-32-18-39(23)2/h3-4,6-9,12-13,17-19,26H,1,5,10-11,14-15H2,2H3,(H2,31,34)(H,33,35,38). The molecule has 6 heterocycles. The fraction of sp³-hybridized carbons (Fsp3) is 0.276. The summed E-state index contributed by atoms with van der Waals surface area (Å²) in [4.78, 5) is 29.4. The van der Waals surface area contributed by atoms with Crippen molar-refractivity contribution in [1.82, 2.24) is 43.9 Å². The smallest absolute Gasteiger partial charge is 0.234 e. The zero-order chi connectivity index (χ0) is 28.3. The van der Waals surface area contributed by atoms with E-state index in [0.717, 1.165) is 59.9 Å². The summed E-state index contributed by atoms with van der Waals surface area (Å²) in [6.45, 7) is 5.74. The van der Waals surface area contributed by atoms with Crippen molar-refractivity contribution in [2.24, 2.45) is 7.05 Å². The Hall–Kier alpha value is -5.15. The van der Waals surface area contributed by atoms with E-state index in [9.17, 15) is 0 Å². The van der Waals surface area contributed by atoms with E-state index < -0.39 is 0 Å². The zero-order valence-corrected chi connectivity index (χ0v) is 22.7. The molecule has 1 fully saturated rings. The average molecular weight is 547 g/mol. The average Bonchev–Trinajstić information content (AvgIpc) is 3.59. The summed E-state index contributed by atoms with van der Waals surface area (Å²) >= 11 is 0. The van der Waals surface area contributed by atoms with Crippen molar-refractivity contribution in [3.63, 3.8) is 0 Å². The van der Waals surface area contributed by atoms with Crippen LogP contribution in [0.2, 0.25) is 0 Å². The number of rotatable bonds is 8. The minimum absolute atomic E-state index is 0.0911. The summed E-state index contributed by atoms with van der Waals surface area (Å²) in [6.07, 6.45) is 11.2. The van der Waals surface area contributed by atoms with Gasteiger partial charge >= 0.3 is 0 Å². The van der Waals surface area contributed by atoms with Crippen LogP contribution in [0.25, 0.3) is 33.9 Å². The second-order valence-corrected chi connectivity index (χ2v) is 10.0. The molecule has 1 atom stereocenters. The Kier molecular flexibility index (Phi) is 7.09. The summed E-state index contributed by atoms with van der Waals surface area (Å²) in [7, 11) is 1.95. The van der Waals surface area contributed by atoms with Crippen LogP contribution in [-0.4, -0.2) is 63.1 Å². The van der Waals surface area contributed by atoms with Gasteiger partial charge in [0.25, 0.3) is 0 Å². The number of pyridine rings is 2. The highest BCUT2D eigenvalue weighted by Gasteiger charge is 2.30. The van der Waals surface area contributed by atoms with Gasteiger partial charge < -0.3 is 15.6 Å². The zero-order valence-electron chi connectivity index (χ0n) is 22.7. The Morgan fingerprint density at radius 3 is 2.73 bits per heavy atom. The van der Waals surface area contributed by atoms with Crippen molar-refractivity contribution in [2.75, 3.05) is 24.1 Å². The van der Waals surface area contributed by atoms with Gasteiger partial charge in [-0.3, -0.25) is 9.47 Å². The molecule has 1 unspecified atom stereocenters. The SMILES string of the molecule is C=CCC(N1CCC(Nc2ccnc(C#N)n2)CC1)n1c(-c2cccnc2N)nc2ccc(-c3cncn3C)nc21. The molecule has 0 saturated carbocycles. The summed E-state index contributed by atoms with van der Waals surface area (Å²) < 4.78 is 4.13. The highest BCUT2D eigenvalue weighted by atomic mass is 15.3. The molecule has 0 bridgehead atoms. The predicted molar refractivity (Wildman–Crippen MR) is 156 cm³/mol. The number of nitrogens with one attached hydrogen (secondary N) is 1. The molecule has 41 heavy (non-hydrogen) atoms. The normalized spacial score (nSPS) is 15.0. The van der Waals surface area contributed by atoms with Crippen LogP contribution < -0.4 is 11.1 Å². The quantitative estimate of drug-likeness (QED) is 0.275. The first kappa shape index (κ1) is 26.1. The number of nitriles is 1. The number of likely N-dealkylation sites (tertiary alicyclic amines) is 1. The van der Waals surface area contributed by atoms with Gasteiger partial charge in [0.15, 0.2) is 5.65 Å². The summed E-state index contributed by atoms with van der Waals surface area (Å²) in [5, 5.41) is 12.6. The lowest BCUT2D eigenvalue weighted by atomic mass is 10.0. The van der Waals surface area contributed by atoms with Gasteiger partial charge in [0, 0.05) is 38.6 Å². The largest absolute Gasteiger partial charge is 0.383 e. The van der Waals surface area contributed by atoms with Crippen LogP contribution in [0.5, 0.6) is 0 Å². The molecule has 1 saturated heterocycles. The number of nitrogen functional groups attached to an aromatic ring is 1. The minimum atomic E-state index is -0.0911. The fourth-order valence-corrected chi connectivity index (χ4v) is 5.41. The molecule has 12 nitrogen and oxygen atoms in total. The number of anilines is 2. The first-order valence-electron chi connectivity index (χ1n) is 13.5. The molecule has 0 aliphatic carbocycles. The van der Waals surface area contributed by atoms with Crippen molar-refractivity contribution >= 4 is 22.8 Å². The Labute approximate surface area is 237 Å². The highest BCUT2D eigenvalue weighted by molar-refractivity contribution is 5.82. The number of piperidine rings is 1. The lowest BCUT2D eigenvalue weighted by Crippen LogP contribution is -2.43. The van der Waals surface area contributed by atoms with Crippen LogP contribution >= 0.6 is 0 Å². The Bertz CT molecular complexity index is 1740. The van der Waals surface area contributed by atoms with Crippen LogP contribution in [0.15, 0.2) is 67.9 Å². The van der Waals surface area contributed by atoms with E-state index in [1.807, 2.05) is 54.2 Å². The van der Waals surface area contributed by atoms with Gasteiger partial charge in [-0.25, -0.2) is 29.9 Å². The summed E-state index contributed by atoms with van der Waals surface area (Å²) in [5.74, 6) is 1.96. The lowest BCUT2D eigenvalue weighted by molar-refractivity contribution is 0.113. The molecule has 0 radical (unpaired) electrons. The molecule has 6 rings (SSSR count). The molecule has 5 aromatic rings. The number of aromatic nitrogens is 8. The van der Waals surface area contributed by atoms with E-state index in [2.05, 4.69) is 41.3 Å². The Morgan fingerprint density at radius 1 is 1.15 bits per heavy atom. The van der Waals surface area contributed by atoms with Gasteiger partial charge in [-0.15, -0.1) is 6.58 Å². The highest BCUT2D eigenvalue weighted by Crippen LogP contribution is 2.35. The summed E-state index contributed by atoms with van der Waals surface area (Å²) in [6, 6.07) is 11.8. The molecule has 0 amide bonds. The topological polar surface area (TPSA) is 152 Å². The monoisotopic (exact) mass is 546 g/mol. The van der Waals surface area contributed by atoms with Crippen LogP contribution in [-0.2, 0) is 7.05 Å². The van der Waals surface area contributed by atoms with Crippen LogP contribution in [0, 0.1) is 11.3 Å². The van der Waals surface area contributed by atoms with Crippen LogP contribution in [0.1, 0.15) is 31.3 Å². The van der Waals surface area contributed by atoms with Gasteiger partial charge in [0.2, 0.25) is 5.82 Å². The van der Waals surface area contributed by atoms with E-state index in [4.69, 9.17) is 21.0 Å². The number of aryl methyl sites for hydroxylation is 1. The van der Waals surface area contributed by atoms with E-state index in [-0.39, 0.29) is 18.0 Å². The number of nitrogens with two attached hydrogens (primary N) is 1. The molecule has 1 aliphatic rings. The third-order valence-electron chi connectivity index (χ3n) is 7.43. The predicted octanol–water partition coefficient (Wildman–Crippen LogP) is 3.79. The number of nitrogens with zero attached hydrogens (tertiary/aromatic N) is 10. The van der Waals surface area contributed by atoms with E-state index in [0.29, 0.717) is 18.1 Å². The first-order chi connectivity index (χ1) is 20.1. The van der Waals surface area contributed by atoms with Crippen LogP contribution in [0.4, 0.5) is 11.6 Å². The van der Waals surface area contributed by atoms with E-state index in [1.54, 1.807) is 24.8 Å². The maximum absolute atomic E-state index is 9.14. The van der Waals surface area contributed by atoms with Crippen LogP contribution in [0.3, 0.4) is 0 Å². The molecule has 12 heteroatoms. The molecule has 0 aromatic carbocycles. The van der Waals surface area contributed by atoms with Gasteiger partial charge in [-0.1, -0.05) is 6.08 Å². The lowest BCUT2D eigenvalue weighted by Gasteiger charge is -2.38. The number of hydrogen-bond donors (Lipinski definition) is 2. The molecule has 5 aromatic heterocycles. The van der Waals surface area contributed by atoms with Gasteiger partial charge in [0.05, 0.1) is 35.6 Å². The van der Waals surface area contributed by atoms with Gasteiger partial charge in [0.1, 0.15) is 29.0 Å². The van der Waals surface area contributed by atoms with Crippen molar-refractivity contribution in [1.29, 1.82) is 5.26 Å². The molecule has 1 aliphatic heterocycles. The van der Waals surface area contributed by atoms with Gasteiger partial charge in [-0.2, -0.15) is 5.26 Å². The number of hydrogen-bond acceptors (Lipinski definition) is 10. The second-order valence-electron chi connectivity index (χ2n) is 10.0. The minimum Gasteiger partial charge on any atom is -0.383 e. The summed E-state index contributed by atoms with van der Waals surface area (Å²) in [5.41, 5.74) is 10.4. The maximum Gasteiger partial charge on any atom is 0.234 e. The molecule has 206 valence electrons.